The molecule has 1 aliphatic heterocycles. The zero-order chi connectivity index (χ0) is 33.6. The zero-order valence-electron chi connectivity index (χ0n) is 26.5. The first-order valence-electron chi connectivity index (χ1n) is 16.0. The fraction of sp³-hybridized carbons (Fsp3) is 0.179. The number of hydrogen-bond donors (Lipinski definition) is 2. The van der Waals surface area contributed by atoms with Crippen molar-refractivity contribution in [2.24, 2.45) is 0 Å². The summed E-state index contributed by atoms with van der Waals surface area (Å²) in [5, 5.41) is 25.3. The molecule has 1 aliphatic rings. The Kier molecular flexibility index (Phi) is 9.90. The second-order valence-corrected chi connectivity index (χ2v) is 12.8. The maximum atomic E-state index is 12.8. The lowest BCUT2D eigenvalue weighted by molar-refractivity contribution is -0.645. The third-order valence-electron chi connectivity index (χ3n) is 8.40. The Hall–Kier alpha value is -5.13. The van der Waals surface area contributed by atoms with Gasteiger partial charge >= 0.3 is 0 Å². The van der Waals surface area contributed by atoms with Crippen molar-refractivity contribution in [2.75, 3.05) is 5.75 Å². The molecule has 246 valence electrons. The number of aliphatic hydroxyl groups excluding tert-OH is 1. The number of benzene rings is 4. The lowest BCUT2D eigenvalue weighted by Crippen LogP contribution is -2.32. The van der Waals surface area contributed by atoms with E-state index in [9.17, 15) is 15.1 Å². The van der Waals surface area contributed by atoms with Gasteiger partial charge in [0.05, 0.1) is 36.0 Å². The fourth-order valence-electron chi connectivity index (χ4n) is 5.76. The Morgan fingerprint density at radius 1 is 0.857 bits per heavy atom. The SMILES string of the molecule is O=C(NCc1cccc(-c2ccc([C@H]3O[C@@H](CSc4cccc[n+]4[O-])C[C@@H](c4ccc(CO)cc4)O3)cc2)c1)c1cnc2ccccc2n1. The quantitative estimate of drug-likeness (QED) is 0.0940. The molecule has 6 aromatic rings. The monoisotopic (exact) mass is 670 g/mol. The van der Waals surface area contributed by atoms with E-state index in [0.29, 0.717) is 29.3 Å². The van der Waals surface area contributed by atoms with Gasteiger partial charge in [-0.15, -0.1) is 0 Å². The third-order valence-corrected chi connectivity index (χ3v) is 9.55. The number of carbonyl (C=O) groups is 1. The summed E-state index contributed by atoms with van der Waals surface area (Å²) in [6.45, 7) is 0.325. The van der Waals surface area contributed by atoms with Crippen molar-refractivity contribution in [3.8, 4) is 11.1 Å². The number of carbonyl (C=O) groups excluding carboxylic acids is 1. The maximum absolute atomic E-state index is 12.8. The van der Waals surface area contributed by atoms with Gasteiger partial charge in [-0.25, -0.2) is 4.98 Å². The van der Waals surface area contributed by atoms with E-state index in [4.69, 9.17) is 9.47 Å². The van der Waals surface area contributed by atoms with Gasteiger partial charge in [0.25, 0.3) is 10.9 Å². The van der Waals surface area contributed by atoms with E-state index in [1.54, 1.807) is 12.1 Å². The molecule has 10 heteroatoms. The highest BCUT2D eigenvalue weighted by Gasteiger charge is 2.32. The topological polar surface area (TPSA) is 121 Å². The molecular formula is C39H34N4O5S. The van der Waals surface area contributed by atoms with Crippen LogP contribution in [0.1, 0.15) is 51.6 Å². The number of fused-ring (bicyclic) bond motifs is 1. The molecule has 0 saturated carbocycles. The molecule has 3 atom stereocenters. The largest absolute Gasteiger partial charge is 0.618 e. The molecule has 3 heterocycles. The number of hydrogen-bond acceptors (Lipinski definition) is 8. The van der Waals surface area contributed by atoms with Crippen LogP contribution < -0.4 is 10.0 Å². The molecule has 2 N–H and O–H groups in total. The molecule has 0 aliphatic carbocycles. The average molecular weight is 671 g/mol. The lowest BCUT2D eigenvalue weighted by atomic mass is 9.99. The molecule has 4 aromatic carbocycles. The van der Waals surface area contributed by atoms with Crippen LogP contribution in [0.3, 0.4) is 0 Å². The van der Waals surface area contributed by atoms with Crippen LogP contribution in [-0.2, 0) is 22.6 Å². The summed E-state index contributed by atoms with van der Waals surface area (Å²) in [4.78, 5) is 21.6. The van der Waals surface area contributed by atoms with Gasteiger partial charge < -0.3 is 25.1 Å². The average Bonchev–Trinajstić information content (AvgIpc) is 3.16. The molecule has 2 aromatic heterocycles. The standard InChI is InChI=1S/C39H34N4O5S/c44-24-26-11-13-29(14-12-26)36-21-32(25-49-37-10-3-4-19-43(37)46)47-39(48-36)30-17-15-28(16-18-30)31-7-5-6-27(20-31)22-41-38(45)35-23-40-33-8-1-2-9-34(33)42-35/h1-20,23,32,36,39,44H,21-22,24-25H2,(H,41,45)/t32-,36+,39+/m1/s1. The molecule has 1 amide bonds. The number of aromatic nitrogens is 3. The second-order valence-electron chi connectivity index (χ2n) is 11.8. The summed E-state index contributed by atoms with van der Waals surface area (Å²) in [6.07, 6.45) is 2.62. The van der Waals surface area contributed by atoms with E-state index in [0.717, 1.165) is 43.6 Å². The number of aliphatic hydroxyl groups is 1. The number of ether oxygens (including phenoxy) is 2. The molecule has 0 radical (unpaired) electrons. The highest BCUT2D eigenvalue weighted by atomic mass is 32.2. The Labute approximate surface area is 288 Å². The van der Waals surface area contributed by atoms with Gasteiger partial charge in [-0.1, -0.05) is 90.6 Å². The van der Waals surface area contributed by atoms with Crippen molar-refractivity contribution < 1.29 is 24.1 Å². The number of rotatable bonds is 10. The van der Waals surface area contributed by atoms with Gasteiger partial charge in [-0.05, 0) is 52.1 Å². The van der Waals surface area contributed by atoms with Gasteiger partial charge in [-0.2, -0.15) is 4.73 Å². The van der Waals surface area contributed by atoms with Gasteiger partial charge in [-0.3, -0.25) is 9.78 Å². The number of pyridine rings is 1. The number of amides is 1. The normalized spacial score (nSPS) is 17.5. The summed E-state index contributed by atoms with van der Waals surface area (Å²) in [6, 6.07) is 36.8. The summed E-state index contributed by atoms with van der Waals surface area (Å²) < 4.78 is 13.8. The molecule has 7 rings (SSSR count). The minimum absolute atomic E-state index is 0.0204. The Morgan fingerprint density at radius 2 is 1.63 bits per heavy atom. The highest BCUT2D eigenvalue weighted by Crippen LogP contribution is 2.39. The van der Waals surface area contributed by atoms with Crippen LogP contribution in [0.5, 0.6) is 0 Å². The van der Waals surface area contributed by atoms with Crippen molar-refractivity contribution in [3.63, 3.8) is 0 Å². The predicted molar refractivity (Wildman–Crippen MR) is 187 cm³/mol. The zero-order valence-corrected chi connectivity index (χ0v) is 27.3. The smallest absolute Gasteiger partial charge is 0.271 e. The van der Waals surface area contributed by atoms with Crippen molar-refractivity contribution >= 4 is 28.7 Å². The summed E-state index contributed by atoms with van der Waals surface area (Å²) >= 11 is 1.46. The van der Waals surface area contributed by atoms with Crippen LogP contribution >= 0.6 is 11.8 Å². The van der Waals surface area contributed by atoms with Gasteiger partial charge in [0.2, 0.25) is 0 Å². The fourth-order valence-corrected chi connectivity index (χ4v) is 6.69. The van der Waals surface area contributed by atoms with Crippen LogP contribution in [0.15, 0.2) is 133 Å². The third kappa shape index (κ3) is 7.79. The van der Waals surface area contributed by atoms with Crippen molar-refractivity contribution in [1.29, 1.82) is 0 Å². The van der Waals surface area contributed by atoms with Crippen molar-refractivity contribution in [3.05, 3.63) is 161 Å². The molecule has 0 unspecified atom stereocenters. The van der Waals surface area contributed by atoms with E-state index < -0.39 is 6.29 Å². The van der Waals surface area contributed by atoms with Crippen molar-refractivity contribution in [1.82, 2.24) is 15.3 Å². The van der Waals surface area contributed by atoms with Crippen molar-refractivity contribution in [2.45, 2.75) is 43.1 Å². The molecule has 1 fully saturated rings. The van der Waals surface area contributed by atoms with Crippen LogP contribution in [0.2, 0.25) is 0 Å². The molecule has 49 heavy (non-hydrogen) atoms. The Bertz CT molecular complexity index is 2060. The van der Waals surface area contributed by atoms with Crippen LogP contribution in [0.25, 0.3) is 22.2 Å². The number of nitrogens with one attached hydrogen (secondary N) is 1. The van der Waals surface area contributed by atoms with Gasteiger partial charge in [0.15, 0.2) is 12.5 Å². The van der Waals surface area contributed by atoms with E-state index in [-0.39, 0.29) is 30.4 Å². The molecule has 0 spiro atoms. The van der Waals surface area contributed by atoms with Crippen LogP contribution in [0, 0.1) is 5.21 Å². The molecule has 1 saturated heterocycles. The first kappa shape index (κ1) is 32.4. The Morgan fingerprint density at radius 3 is 2.43 bits per heavy atom. The molecule has 0 bridgehead atoms. The number of nitrogens with zero attached hydrogens (tertiary/aromatic N) is 3. The minimum Gasteiger partial charge on any atom is -0.618 e. The molecular weight excluding hydrogens is 637 g/mol. The van der Waals surface area contributed by atoms with Crippen LogP contribution in [0.4, 0.5) is 0 Å². The first-order valence-corrected chi connectivity index (χ1v) is 17.0. The van der Waals surface area contributed by atoms with E-state index in [2.05, 4.69) is 21.4 Å². The summed E-state index contributed by atoms with van der Waals surface area (Å²) in [5.74, 6) is 0.308. The lowest BCUT2D eigenvalue weighted by Gasteiger charge is -2.36. The molecule has 9 nitrogen and oxygen atoms in total. The maximum Gasteiger partial charge on any atom is 0.271 e. The van der Waals surface area contributed by atoms with E-state index >= 15 is 0 Å². The number of para-hydroxylation sites is 2. The summed E-state index contributed by atoms with van der Waals surface area (Å²) in [7, 11) is 0. The van der Waals surface area contributed by atoms with Crippen LogP contribution in [-0.4, -0.2) is 32.8 Å². The van der Waals surface area contributed by atoms with E-state index in [1.807, 2.05) is 97.1 Å². The highest BCUT2D eigenvalue weighted by molar-refractivity contribution is 7.99. The second kappa shape index (κ2) is 15.0. The predicted octanol–water partition coefficient (Wildman–Crippen LogP) is 6.69. The summed E-state index contributed by atoms with van der Waals surface area (Å²) in [5.41, 5.74) is 7.40. The van der Waals surface area contributed by atoms with E-state index in [1.165, 1.54) is 24.2 Å². The first-order chi connectivity index (χ1) is 24.0. The number of thioether (sulfide) groups is 1. The van der Waals surface area contributed by atoms with Gasteiger partial charge in [0.1, 0.15) is 5.69 Å². The minimum atomic E-state index is -0.606. The Balaban J connectivity index is 1.04. The van der Waals surface area contributed by atoms with Gasteiger partial charge in [0, 0.05) is 36.4 Å².